The maximum Gasteiger partial charge on any atom is 0.161 e. The molecule has 112 valence electrons. The van der Waals surface area contributed by atoms with Gasteiger partial charge >= 0.3 is 0 Å². The number of ether oxygens (including phenoxy) is 2. The van der Waals surface area contributed by atoms with Crippen molar-refractivity contribution >= 4 is 0 Å². The third-order valence-corrected chi connectivity index (χ3v) is 5.07. The van der Waals surface area contributed by atoms with E-state index < -0.39 is 0 Å². The maximum atomic E-state index is 6.67. The molecule has 0 aromatic heterocycles. The summed E-state index contributed by atoms with van der Waals surface area (Å²) in [7, 11) is 3.34. The zero-order chi connectivity index (χ0) is 14.8. The van der Waals surface area contributed by atoms with Gasteiger partial charge in [-0.05, 0) is 54.9 Å². The first kappa shape index (κ1) is 15.2. The van der Waals surface area contributed by atoms with Crippen molar-refractivity contribution in [1.29, 1.82) is 0 Å². The zero-order valence-corrected chi connectivity index (χ0v) is 13.2. The summed E-state index contributed by atoms with van der Waals surface area (Å²) in [4.78, 5) is 0. The van der Waals surface area contributed by atoms with Gasteiger partial charge < -0.3 is 15.2 Å². The molecule has 1 aromatic rings. The number of rotatable bonds is 5. The van der Waals surface area contributed by atoms with Gasteiger partial charge in [0.25, 0.3) is 0 Å². The third kappa shape index (κ3) is 2.51. The average molecular weight is 277 g/mol. The minimum atomic E-state index is 0.0785. The molecule has 1 unspecified atom stereocenters. The molecule has 1 aliphatic rings. The van der Waals surface area contributed by atoms with Crippen LogP contribution in [0.25, 0.3) is 0 Å². The van der Waals surface area contributed by atoms with E-state index in [2.05, 4.69) is 19.9 Å². The minimum absolute atomic E-state index is 0.0785. The van der Waals surface area contributed by atoms with E-state index in [9.17, 15) is 0 Å². The highest BCUT2D eigenvalue weighted by Gasteiger charge is 2.39. The second-order valence-corrected chi connectivity index (χ2v) is 5.96. The van der Waals surface area contributed by atoms with Crippen LogP contribution in [0.2, 0.25) is 0 Å². The van der Waals surface area contributed by atoms with Gasteiger partial charge in [-0.15, -0.1) is 0 Å². The van der Waals surface area contributed by atoms with Crippen molar-refractivity contribution in [2.24, 2.45) is 11.1 Å². The number of hydrogen-bond acceptors (Lipinski definition) is 3. The van der Waals surface area contributed by atoms with Crippen LogP contribution in [0.5, 0.6) is 11.5 Å². The lowest BCUT2D eigenvalue weighted by Crippen LogP contribution is -2.32. The summed E-state index contributed by atoms with van der Waals surface area (Å²) in [6, 6.07) is 4.18. The number of hydrogen-bond donors (Lipinski definition) is 1. The summed E-state index contributed by atoms with van der Waals surface area (Å²) < 4.78 is 10.8. The molecule has 0 amide bonds. The van der Waals surface area contributed by atoms with Gasteiger partial charge in [0.15, 0.2) is 11.5 Å². The summed E-state index contributed by atoms with van der Waals surface area (Å²) in [5, 5.41) is 0. The monoisotopic (exact) mass is 277 g/mol. The summed E-state index contributed by atoms with van der Waals surface area (Å²) in [6.07, 6.45) is 6.21. The van der Waals surface area contributed by atoms with Crippen molar-refractivity contribution in [3.05, 3.63) is 23.3 Å². The van der Waals surface area contributed by atoms with E-state index in [4.69, 9.17) is 15.2 Å². The van der Waals surface area contributed by atoms with Crippen molar-refractivity contribution in [3.63, 3.8) is 0 Å². The highest BCUT2D eigenvalue weighted by Crippen LogP contribution is 2.50. The summed E-state index contributed by atoms with van der Waals surface area (Å²) >= 11 is 0. The summed E-state index contributed by atoms with van der Waals surface area (Å²) in [6.45, 7) is 4.37. The molecule has 3 heteroatoms. The van der Waals surface area contributed by atoms with Crippen molar-refractivity contribution in [3.8, 4) is 11.5 Å². The summed E-state index contributed by atoms with van der Waals surface area (Å²) in [5.41, 5.74) is 9.31. The van der Waals surface area contributed by atoms with Crippen LogP contribution in [0.1, 0.15) is 56.2 Å². The molecule has 0 radical (unpaired) electrons. The van der Waals surface area contributed by atoms with Crippen LogP contribution in [0.3, 0.4) is 0 Å². The van der Waals surface area contributed by atoms with E-state index in [1.807, 2.05) is 6.07 Å². The predicted molar refractivity (Wildman–Crippen MR) is 82.4 cm³/mol. The quantitative estimate of drug-likeness (QED) is 0.885. The number of benzene rings is 1. The van der Waals surface area contributed by atoms with Crippen LogP contribution in [-0.4, -0.2) is 14.2 Å². The second kappa shape index (κ2) is 6.04. The molecular weight excluding hydrogens is 250 g/mol. The van der Waals surface area contributed by atoms with Gasteiger partial charge in [0, 0.05) is 6.04 Å². The van der Waals surface area contributed by atoms with E-state index in [0.717, 1.165) is 17.9 Å². The van der Waals surface area contributed by atoms with E-state index >= 15 is 0 Å². The van der Waals surface area contributed by atoms with Gasteiger partial charge in [0.2, 0.25) is 0 Å². The van der Waals surface area contributed by atoms with Gasteiger partial charge in [-0.2, -0.15) is 0 Å². The zero-order valence-electron chi connectivity index (χ0n) is 13.2. The van der Waals surface area contributed by atoms with E-state index in [-0.39, 0.29) is 11.5 Å². The van der Waals surface area contributed by atoms with E-state index in [0.29, 0.717) is 0 Å². The topological polar surface area (TPSA) is 44.5 Å². The lowest BCUT2D eigenvalue weighted by Gasteiger charge is -2.35. The van der Waals surface area contributed by atoms with Gasteiger partial charge in [-0.25, -0.2) is 0 Å². The Balaban J connectivity index is 2.41. The summed E-state index contributed by atoms with van der Waals surface area (Å²) in [5.74, 6) is 1.55. The third-order valence-electron chi connectivity index (χ3n) is 5.07. The van der Waals surface area contributed by atoms with Gasteiger partial charge in [-0.1, -0.05) is 19.8 Å². The lowest BCUT2D eigenvalue weighted by molar-refractivity contribution is 0.221. The molecule has 1 aliphatic carbocycles. The Hall–Kier alpha value is -1.22. The Labute approximate surface area is 122 Å². The fourth-order valence-electron chi connectivity index (χ4n) is 3.62. The van der Waals surface area contributed by atoms with E-state index in [1.54, 1.807) is 14.2 Å². The molecular formula is C17H27NO2. The Bertz CT molecular complexity index is 464. The predicted octanol–water partition coefficient (Wildman–Crippen LogP) is 3.98. The van der Waals surface area contributed by atoms with Crippen LogP contribution < -0.4 is 15.2 Å². The van der Waals surface area contributed by atoms with Crippen molar-refractivity contribution in [2.45, 2.75) is 52.0 Å². The molecule has 1 aromatic carbocycles. The molecule has 0 bridgehead atoms. The second-order valence-electron chi connectivity index (χ2n) is 5.96. The van der Waals surface area contributed by atoms with Crippen LogP contribution in [0, 0.1) is 12.3 Å². The normalized spacial score (nSPS) is 18.9. The van der Waals surface area contributed by atoms with Crippen molar-refractivity contribution in [1.82, 2.24) is 0 Å². The molecule has 20 heavy (non-hydrogen) atoms. The van der Waals surface area contributed by atoms with Crippen molar-refractivity contribution < 1.29 is 9.47 Å². The average Bonchev–Trinajstić information content (AvgIpc) is 2.96. The molecule has 1 saturated carbocycles. The highest BCUT2D eigenvalue weighted by atomic mass is 16.5. The van der Waals surface area contributed by atoms with Crippen LogP contribution in [-0.2, 0) is 0 Å². The molecule has 0 aliphatic heterocycles. The van der Waals surface area contributed by atoms with Gasteiger partial charge in [0.1, 0.15) is 0 Å². The highest BCUT2D eigenvalue weighted by molar-refractivity contribution is 5.48. The molecule has 2 N–H and O–H groups in total. The number of aryl methyl sites for hydroxylation is 1. The maximum absolute atomic E-state index is 6.67. The number of nitrogens with two attached hydrogens (primary N) is 1. The molecule has 0 spiro atoms. The SMILES string of the molecule is CCC1(C(N)c2cc(OC)c(OC)cc2C)CCCC1. The fourth-order valence-corrected chi connectivity index (χ4v) is 3.62. The molecule has 1 fully saturated rings. The first-order chi connectivity index (χ1) is 9.57. The van der Waals surface area contributed by atoms with Gasteiger partial charge in [0.05, 0.1) is 14.2 Å². The fraction of sp³-hybridized carbons (Fsp3) is 0.647. The Morgan fingerprint density at radius 3 is 2.20 bits per heavy atom. The minimum Gasteiger partial charge on any atom is -0.493 e. The Kier molecular flexibility index (Phi) is 4.59. The molecule has 3 nitrogen and oxygen atoms in total. The molecule has 0 heterocycles. The number of methoxy groups -OCH3 is 2. The smallest absolute Gasteiger partial charge is 0.161 e. The van der Waals surface area contributed by atoms with Crippen molar-refractivity contribution in [2.75, 3.05) is 14.2 Å². The lowest BCUT2D eigenvalue weighted by atomic mass is 9.73. The Morgan fingerprint density at radius 1 is 1.15 bits per heavy atom. The molecule has 2 rings (SSSR count). The molecule has 0 saturated heterocycles. The Morgan fingerprint density at radius 2 is 1.70 bits per heavy atom. The van der Waals surface area contributed by atoms with Crippen LogP contribution in [0.15, 0.2) is 12.1 Å². The van der Waals surface area contributed by atoms with Crippen LogP contribution in [0.4, 0.5) is 0 Å². The largest absolute Gasteiger partial charge is 0.493 e. The van der Waals surface area contributed by atoms with Gasteiger partial charge in [-0.3, -0.25) is 0 Å². The first-order valence-corrected chi connectivity index (χ1v) is 7.56. The van der Waals surface area contributed by atoms with Crippen LogP contribution >= 0.6 is 0 Å². The van der Waals surface area contributed by atoms with E-state index in [1.165, 1.54) is 36.8 Å². The first-order valence-electron chi connectivity index (χ1n) is 7.56. The standard InChI is InChI=1S/C17H27NO2/c1-5-17(8-6-7-9-17)16(18)13-11-15(20-4)14(19-3)10-12(13)2/h10-11,16H,5-9,18H2,1-4H3. The molecule has 1 atom stereocenters.